The quantitative estimate of drug-likeness (QED) is 0.485. The Morgan fingerprint density at radius 1 is 0.900 bits per heavy atom. The van der Waals surface area contributed by atoms with Gasteiger partial charge in [-0.05, 0) is 18.2 Å². The van der Waals surface area contributed by atoms with E-state index >= 15 is 0 Å². The van der Waals surface area contributed by atoms with Gasteiger partial charge in [-0.15, -0.1) is 0 Å². The van der Waals surface area contributed by atoms with Crippen LogP contribution in [-0.2, 0) is 4.79 Å². The van der Waals surface area contributed by atoms with Gasteiger partial charge in [0.25, 0.3) is 5.91 Å². The van der Waals surface area contributed by atoms with Gasteiger partial charge in [0, 0.05) is 16.7 Å². The summed E-state index contributed by atoms with van der Waals surface area (Å²) in [7, 11) is 1.54. The molecule has 0 spiro atoms. The molecule has 0 saturated heterocycles. The van der Waals surface area contributed by atoms with Crippen molar-refractivity contribution in [3.63, 3.8) is 0 Å². The summed E-state index contributed by atoms with van der Waals surface area (Å²) in [4.78, 5) is 19.4. The van der Waals surface area contributed by atoms with Crippen LogP contribution in [0.3, 0.4) is 0 Å². The fourth-order valence-corrected chi connectivity index (χ4v) is 3.21. The van der Waals surface area contributed by atoms with E-state index in [0.29, 0.717) is 17.3 Å². The lowest BCUT2D eigenvalue weighted by molar-refractivity contribution is -0.119. The molecule has 0 fully saturated rings. The third-order valence-corrected chi connectivity index (χ3v) is 4.62. The van der Waals surface area contributed by atoms with Crippen molar-refractivity contribution in [2.24, 2.45) is 5.73 Å². The number of aromatic amines is 1. The summed E-state index contributed by atoms with van der Waals surface area (Å²) in [6.45, 7) is -0.234. The summed E-state index contributed by atoms with van der Waals surface area (Å²) >= 11 is 0. The fourth-order valence-electron chi connectivity index (χ4n) is 3.21. The minimum absolute atomic E-state index is 0.234. The second-order valence-corrected chi connectivity index (χ2v) is 6.66. The first kappa shape index (κ1) is 19.3. The minimum atomic E-state index is -0.557. The summed E-state index contributed by atoms with van der Waals surface area (Å²) < 4.78 is 10.8. The third-order valence-electron chi connectivity index (χ3n) is 4.62. The molecule has 4 rings (SSSR count). The molecule has 0 aliphatic carbocycles. The van der Waals surface area contributed by atoms with Gasteiger partial charge in [-0.1, -0.05) is 60.7 Å². The highest BCUT2D eigenvalue weighted by Crippen LogP contribution is 2.36. The van der Waals surface area contributed by atoms with Crippen molar-refractivity contribution in [2.45, 2.75) is 0 Å². The van der Waals surface area contributed by atoms with Crippen molar-refractivity contribution in [2.75, 3.05) is 13.7 Å². The zero-order chi connectivity index (χ0) is 20.9. The molecular formula is C24H21N3O3. The van der Waals surface area contributed by atoms with E-state index in [-0.39, 0.29) is 6.61 Å². The zero-order valence-electron chi connectivity index (χ0n) is 16.5. The van der Waals surface area contributed by atoms with Gasteiger partial charge in [-0.3, -0.25) is 4.79 Å². The minimum Gasteiger partial charge on any atom is -0.493 e. The van der Waals surface area contributed by atoms with Crippen molar-refractivity contribution >= 4 is 5.91 Å². The topological polar surface area (TPSA) is 90.2 Å². The SMILES string of the molecule is COc1ccc(-c2nc(-c3ccccc3)c(-c3ccccc3)[nH]2)cc1OCC(N)=O. The Hall–Kier alpha value is -4.06. The molecule has 30 heavy (non-hydrogen) atoms. The molecule has 1 amide bonds. The first-order chi connectivity index (χ1) is 14.7. The average Bonchev–Trinajstić information content (AvgIpc) is 3.24. The van der Waals surface area contributed by atoms with Gasteiger partial charge >= 0.3 is 0 Å². The second-order valence-electron chi connectivity index (χ2n) is 6.66. The summed E-state index contributed by atoms with van der Waals surface area (Å²) in [5.74, 6) is 1.06. The maximum atomic E-state index is 11.1. The molecule has 0 aliphatic heterocycles. The van der Waals surface area contributed by atoms with Crippen LogP contribution in [0.4, 0.5) is 0 Å². The van der Waals surface area contributed by atoms with Crippen LogP contribution >= 0.6 is 0 Å². The molecule has 150 valence electrons. The predicted octanol–water partition coefficient (Wildman–Crippen LogP) is 4.28. The van der Waals surface area contributed by atoms with Gasteiger partial charge in [0.2, 0.25) is 0 Å². The van der Waals surface area contributed by atoms with Gasteiger partial charge < -0.3 is 20.2 Å². The number of aromatic nitrogens is 2. The molecule has 0 aliphatic rings. The molecular weight excluding hydrogens is 378 g/mol. The van der Waals surface area contributed by atoms with E-state index in [1.165, 1.54) is 0 Å². The van der Waals surface area contributed by atoms with Crippen molar-refractivity contribution in [3.8, 4) is 45.4 Å². The number of carbonyl (C=O) groups is 1. The number of primary amides is 1. The average molecular weight is 399 g/mol. The molecule has 1 heterocycles. The van der Waals surface area contributed by atoms with E-state index in [2.05, 4.69) is 4.98 Å². The van der Waals surface area contributed by atoms with E-state index in [0.717, 1.165) is 28.1 Å². The number of rotatable bonds is 7. The van der Waals surface area contributed by atoms with Crippen LogP contribution < -0.4 is 15.2 Å². The van der Waals surface area contributed by atoms with Gasteiger partial charge in [-0.25, -0.2) is 4.98 Å². The Labute approximate surface area is 174 Å². The van der Waals surface area contributed by atoms with Crippen molar-refractivity contribution < 1.29 is 14.3 Å². The highest BCUT2D eigenvalue weighted by Gasteiger charge is 2.16. The lowest BCUT2D eigenvalue weighted by Gasteiger charge is -2.10. The Balaban J connectivity index is 1.81. The Bertz CT molecular complexity index is 1100. The number of hydrogen-bond acceptors (Lipinski definition) is 4. The number of imidazole rings is 1. The van der Waals surface area contributed by atoms with Crippen molar-refractivity contribution in [3.05, 3.63) is 78.9 Å². The predicted molar refractivity (Wildman–Crippen MR) is 116 cm³/mol. The number of ether oxygens (including phenoxy) is 2. The number of nitrogens with one attached hydrogen (secondary N) is 1. The maximum Gasteiger partial charge on any atom is 0.255 e. The summed E-state index contributed by atoms with van der Waals surface area (Å²) in [6.07, 6.45) is 0. The van der Waals surface area contributed by atoms with Gasteiger partial charge in [0.1, 0.15) is 5.82 Å². The van der Waals surface area contributed by atoms with Crippen LogP contribution in [0, 0.1) is 0 Å². The van der Waals surface area contributed by atoms with Crippen LogP contribution in [0.1, 0.15) is 0 Å². The number of hydrogen-bond donors (Lipinski definition) is 2. The standard InChI is InChI=1S/C24H21N3O3/c1-29-19-13-12-18(14-20(19)30-15-21(25)28)24-26-22(16-8-4-2-5-9-16)23(27-24)17-10-6-3-7-11-17/h2-14H,15H2,1H3,(H2,25,28)(H,26,27). The maximum absolute atomic E-state index is 11.1. The van der Waals surface area contributed by atoms with Crippen molar-refractivity contribution in [1.29, 1.82) is 0 Å². The van der Waals surface area contributed by atoms with Crippen LogP contribution in [0.2, 0.25) is 0 Å². The van der Waals surface area contributed by atoms with Gasteiger partial charge in [-0.2, -0.15) is 0 Å². The molecule has 1 aromatic heterocycles. The van der Waals surface area contributed by atoms with Crippen LogP contribution in [0.5, 0.6) is 11.5 Å². The van der Waals surface area contributed by atoms with E-state index in [1.54, 1.807) is 19.2 Å². The molecule has 4 aromatic rings. The van der Waals surface area contributed by atoms with Crippen LogP contribution in [-0.4, -0.2) is 29.6 Å². The number of H-pyrrole nitrogens is 1. The summed E-state index contributed by atoms with van der Waals surface area (Å²) in [6, 6.07) is 25.5. The van der Waals surface area contributed by atoms with E-state index in [1.807, 2.05) is 66.7 Å². The number of benzene rings is 3. The van der Waals surface area contributed by atoms with Gasteiger partial charge in [0.05, 0.1) is 18.5 Å². The summed E-state index contributed by atoms with van der Waals surface area (Å²) in [5.41, 5.74) is 9.84. The molecule has 0 unspecified atom stereocenters. The Morgan fingerprint density at radius 3 is 2.20 bits per heavy atom. The molecule has 3 aromatic carbocycles. The van der Waals surface area contributed by atoms with Crippen molar-refractivity contribution in [1.82, 2.24) is 9.97 Å². The number of methoxy groups -OCH3 is 1. The zero-order valence-corrected chi connectivity index (χ0v) is 16.5. The lowest BCUT2D eigenvalue weighted by atomic mass is 10.1. The Morgan fingerprint density at radius 2 is 1.57 bits per heavy atom. The molecule has 0 saturated carbocycles. The van der Waals surface area contributed by atoms with E-state index < -0.39 is 5.91 Å². The summed E-state index contributed by atoms with van der Waals surface area (Å²) in [5, 5.41) is 0. The highest BCUT2D eigenvalue weighted by atomic mass is 16.5. The first-order valence-electron chi connectivity index (χ1n) is 9.46. The smallest absolute Gasteiger partial charge is 0.255 e. The number of amides is 1. The lowest BCUT2D eigenvalue weighted by Crippen LogP contribution is -2.20. The molecule has 6 heteroatoms. The van der Waals surface area contributed by atoms with Gasteiger partial charge in [0.15, 0.2) is 18.1 Å². The number of nitrogens with two attached hydrogens (primary N) is 1. The first-order valence-corrected chi connectivity index (χ1v) is 9.46. The number of carbonyl (C=O) groups excluding carboxylic acids is 1. The van der Waals surface area contributed by atoms with E-state index in [9.17, 15) is 4.79 Å². The fraction of sp³-hybridized carbons (Fsp3) is 0.0833. The molecule has 3 N–H and O–H groups in total. The monoisotopic (exact) mass is 399 g/mol. The Kier molecular flexibility index (Phi) is 5.48. The van der Waals surface area contributed by atoms with Crippen LogP contribution in [0.15, 0.2) is 78.9 Å². The highest BCUT2D eigenvalue weighted by molar-refractivity contribution is 5.81. The van der Waals surface area contributed by atoms with E-state index in [4.69, 9.17) is 20.2 Å². The van der Waals surface area contributed by atoms with Crippen LogP contribution in [0.25, 0.3) is 33.9 Å². The second kappa shape index (κ2) is 8.53. The molecule has 0 radical (unpaired) electrons. The largest absolute Gasteiger partial charge is 0.493 e. The molecule has 6 nitrogen and oxygen atoms in total. The molecule has 0 atom stereocenters. The number of nitrogens with zero attached hydrogens (tertiary/aromatic N) is 1. The molecule has 0 bridgehead atoms. The normalized spacial score (nSPS) is 10.6. The third kappa shape index (κ3) is 4.03.